The summed E-state index contributed by atoms with van der Waals surface area (Å²) in [7, 11) is -7.55. The Morgan fingerprint density at radius 1 is 0.903 bits per heavy atom. The van der Waals surface area contributed by atoms with E-state index in [0.29, 0.717) is 5.52 Å². The topological polar surface area (TPSA) is 96.4 Å². The minimum Gasteiger partial charge on any atom is -0.280 e. The third kappa shape index (κ3) is 4.17. The van der Waals surface area contributed by atoms with Crippen molar-refractivity contribution in [1.82, 2.24) is 9.29 Å². The number of para-hydroxylation sites is 1. The Morgan fingerprint density at radius 3 is 2.23 bits per heavy atom. The minimum atomic E-state index is -3.90. The highest BCUT2D eigenvalue weighted by Crippen LogP contribution is 2.30. The van der Waals surface area contributed by atoms with Crippen molar-refractivity contribution >= 4 is 36.6 Å². The molecule has 1 aliphatic heterocycles. The Kier molecular flexibility index (Phi) is 5.76. The van der Waals surface area contributed by atoms with Gasteiger partial charge in [-0.1, -0.05) is 24.6 Å². The molecule has 1 saturated heterocycles. The van der Waals surface area contributed by atoms with Gasteiger partial charge in [-0.05, 0) is 63.1 Å². The van der Waals surface area contributed by atoms with Crippen LogP contribution in [0.25, 0.3) is 10.9 Å². The summed E-state index contributed by atoms with van der Waals surface area (Å²) in [6.07, 6.45) is 4.22. The molecule has 0 saturated carbocycles. The zero-order valence-electron chi connectivity index (χ0n) is 17.4. The summed E-state index contributed by atoms with van der Waals surface area (Å²) >= 11 is 0. The Labute approximate surface area is 183 Å². The van der Waals surface area contributed by atoms with E-state index in [9.17, 15) is 16.8 Å². The number of nitrogens with one attached hydrogen (secondary N) is 1. The van der Waals surface area contributed by atoms with Crippen LogP contribution in [0.3, 0.4) is 0 Å². The summed E-state index contributed by atoms with van der Waals surface area (Å²) < 4.78 is 56.3. The molecular formula is C22H25N3O4S2. The highest BCUT2D eigenvalue weighted by Gasteiger charge is 2.35. The maximum Gasteiger partial charge on any atom is 0.264 e. The van der Waals surface area contributed by atoms with E-state index < -0.39 is 20.0 Å². The average molecular weight is 460 g/mol. The Balaban J connectivity index is 1.61. The smallest absolute Gasteiger partial charge is 0.264 e. The predicted molar refractivity (Wildman–Crippen MR) is 121 cm³/mol. The number of rotatable bonds is 5. The first-order valence-electron chi connectivity index (χ1n) is 10.2. The van der Waals surface area contributed by atoms with Gasteiger partial charge in [0.25, 0.3) is 10.0 Å². The number of hydrogen-bond donors (Lipinski definition) is 1. The van der Waals surface area contributed by atoms with Gasteiger partial charge in [0.2, 0.25) is 10.0 Å². The molecule has 1 aliphatic rings. The zero-order valence-corrected chi connectivity index (χ0v) is 19.0. The van der Waals surface area contributed by atoms with Crippen molar-refractivity contribution in [3.63, 3.8) is 0 Å². The maximum atomic E-state index is 13.2. The lowest BCUT2D eigenvalue weighted by Gasteiger charge is -2.37. The first-order valence-corrected chi connectivity index (χ1v) is 13.1. The minimum absolute atomic E-state index is 0.0641. The van der Waals surface area contributed by atoms with Crippen LogP contribution < -0.4 is 4.72 Å². The molecule has 0 aliphatic carbocycles. The number of hydrogen-bond acceptors (Lipinski definition) is 5. The van der Waals surface area contributed by atoms with E-state index in [1.54, 1.807) is 34.8 Å². The van der Waals surface area contributed by atoms with Crippen LogP contribution in [0.15, 0.2) is 70.6 Å². The van der Waals surface area contributed by atoms with Crippen LogP contribution in [0.4, 0.5) is 5.69 Å². The quantitative estimate of drug-likeness (QED) is 0.622. The SMILES string of the molecule is CC1CCCC(C)N1S(=O)(=O)c1ccc(NS(=O)(=O)c2cccc3cccnc23)cc1. The van der Waals surface area contributed by atoms with Crippen LogP contribution >= 0.6 is 0 Å². The molecule has 0 amide bonds. The van der Waals surface area contributed by atoms with Gasteiger partial charge in [-0.15, -0.1) is 0 Å². The third-order valence-electron chi connectivity index (χ3n) is 5.68. The first-order chi connectivity index (χ1) is 14.7. The summed E-state index contributed by atoms with van der Waals surface area (Å²) in [6.45, 7) is 3.85. The summed E-state index contributed by atoms with van der Waals surface area (Å²) in [5, 5.41) is 0.719. The predicted octanol–water partition coefficient (Wildman–Crippen LogP) is 3.99. The molecule has 164 valence electrons. The highest BCUT2D eigenvalue weighted by molar-refractivity contribution is 7.93. The number of piperidine rings is 1. The van der Waals surface area contributed by atoms with Crippen molar-refractivity contribution in [2.45, 2.75) is 55.0 Å². The van der Waals surface area contributed by atoms with Crippen molar-refractivity contribution in [3.05, 3.63) is 60.8 Å². The fourth-order valence-electron chi connectivity index (χ4n) is 4.19. The number of nitrogens with zero attached hydrogens (tertiary/aromatic N) is 2. The van der Waals surface area contributed by atoms with Gasteiger partial charge in [-0.2, -0.15) is 4.31 Å². The van der Waals surface area contributed by atoms with Crippen LogP contribution in [0.1, 0.15) is 33.1 Å². The fourth-order valence-corrected chi connectivity index (χ4v) is 7.31. The largest absolute Gasteiger partial charge is 0.280 e. The lowest BCUT2D eigenvalue weighted by Crippen LogP contribution is -2.47. The van der Waals surface area contributed by atoms with Crippen LogP contribution in [-0.2, 0) is 20.0 Å². The number of benzene rings is 2. The number of pyridine rings is 1. The monoisotopic (exact) mass is 459 g/mol. The molecule has 2 unspecified atom stereocenters. The Morgan fingerprint density at radius 2 is 1.55 bits per heavy atom. The summed E-state index contributed by atoms with van der Waals surface area (Å²) in [5.41, 5.74) is 0.663. The van der Waals surface area contributed by atoms with Crippen molar-refractivity contribution in [3.8, 4) is 0 Å². The number of fused-ring (bicyclic) bond motifs is 1. The summed E-state index contributed by atoms with van der Waals surface area (Å²) in [4.78, 5) is 4.42. The molecule has 7 nitrogen and oxygen atoms in total. The molecule has 1 fully saturated rings. The highest BCUT2D eigenvalue weighted by atomic mass is 32.2. The van der Waals surface area contributed by atoms with E-state index in [0.717, 1.165) is 24.6 Å². The molecule has 1 aromatic heterocycles. The van der Waals surface area contributed by atoms with Crippen molar-refractivity contribution in [1.29, 1.82) is 0 Å². The van der Waals surface area contributed by atoms with Gasteiger partial charge in [-0.25, -0.2) is 16.8 Å². The Bertz CT molecular complexity index is 1290. The molecule has 31 heavy (non-hydrogen) atoms. The van der Waals surface area contributed by atoms with Crippen molar-refractivity contribution < 1.29 is 16.8 Å². The summed E-state index contributed by atoms with van der Waals surface area (Å²) in [5.74, 6) is 0. The first kappa shape index (κ1) is 21.7. The van der Waals surface area contributed by atoms with Crippen molar-refractivity contribution in [2.24, 2.45) is 0 Å². The standard InChI is InChI=1S/C22H25N3O4S2/c1-16-6-3-7-17(2)25(16)31(28,29)20-13-11-19(12-14-20)24-30(26,27)21-10-4-8-18-9-5-15-23-22(18)21/h4-5,8-17,24H,3,6-7H2,1-2H3. The van der Waals surface area contributed by atoms with Gasteiger partial charge in [0.05, 0.1) is 10.4 Å². The molecule has 2 atom stereocenters. The van der Waals surface area contributed by atoms with Gasteiger partial charge in [0.1, 0.15) is 4.90 Å². The third-order valence-corrected chi connectivity index (χ3v) is 9.24. The van der Waals surface area contributed by atoms with Crippen molar-refractivity contribution in [2.75, 3.05) is 4.72 Å². The molecule has 4 rings (SSSR count). The lowest BCUT2D eigenvalue weighted by atomic mass is 10.0. The van der Waals surface area contributed by atoms with Crippen LogP contribution in [0.5, 0.6) is 0 Å². The molecule has 9 heteroatoms. The van der Waals surface area contributed by atoms with Crippen LogP contribution in [0, 0.1) is 0 Å². The fraction of sp³-hybridized carbons (Fsp3) is 0.318. The van der Waals surface area contributed by atoms with Gasteiger partial charge in [0.15, 0.2) is 0 Å². The average Bonchev–Trinajstić information content (AvgIpc) is 2.73. The number of sulfonamides is 2. The molecule has 0 bridgehead atoms. The Hall–Kier alpha value is -2.49. The van der Waals surface area contributed by atoms with Crippen LogP contribution in [0.2, 0.25) is 0 Å². The molecule has 1 N–H and O–H groups in total. The molecule has 2 aromatic carbocycles. The second-order valence-corrected chi connectivity index (χ2v) is 11.4. The molecule has 0 radical (unpaired) electrons. The van der Waals surface area contributed by atoms with Gasteiger partial charge in [0, 0.05) is 29.4 Å². The molecule has 2 heterocycles. The molecular weight excluding hydrogens is 434 g/mol. The van der Waals surface area contributed by atoms with E-state index >= 15 is 0 Å². The van der Waals surface area contributed by atoms with E-state index in [-0.39, 0.29) is 27.6 Å². The molecule has 3 aromatic rings. The number of aromatic nitrogens is 1. The van der Waals surface area contributed by atoms with E-state index in [2.05, 4.69) is 9.71 Å². The van der Waals surface area contributed by atoms with Gasteiger partial charge >= 0.3 is 0 Å². The second kappa shape index (κ2) is 8.22. The van der Waals surface area contributed by atoms with Gasteiger partial charge in [-0.3, -0.25) is 9.71 Å². The second-order valence-electron chi connectivity index (χ2n) is 7.93. The van der Waals surface area contributed by atoms with E-state index in [4.69, 9.17) is 0 Å². The number of anilines is 1. The van der Waals surface area contributed by atoms with E-state index in [1.807, 2.05) is 13.8 Å². The summed E-state index contributed by atoms with van der Waals surface area (Å²) in [6, 6.07) is 14.2. The maximum absolute atomic E-state index is 13.2. The molecule has 0 spiro atoms. The zero-order chi connectivity index (χ0) is 22.2. The lowest BCUT2D eigenvalue weighted by molar-refractivity contribution is 0.204. The normalized spacial score (nSPS) is 20.6. The van der Waals surface area contributed by atoms with Crippen LogP contribution in [-0.4, -0.2) is 38.2 Å². The van der Waals surface area contributed by atoms with Gasteiger partial charge < -0.3 is 0 Å². The van der Waals surface area contributed by atoms with E-state index in [1.165, 1.54) is 30.3 Å².